The van der Waals surface area contributed by atoms with Crippen molar-refractivity contribution in [2.75, 3.05) is 32.8 Å². The van der Waals surface area contributed by atoms with E-state index >= 15 is 0 Å². The van der Waals surface area contributed by atoms with Crippen molar-refractivity contribution in [3.63, 3.8) is 0 Å². The number of hydrogen-bond acceptors (Lipinski definition) is 4. The van der Waals surface area contributed by atoms with E-state index in [9.17, 15) is 14.4 Å². The van der Waals surface area contributed by atoms with Crippen molar-refractivity contribution in [1.29, 1.82) is 0 Å². The quantitative estimate of drug-likeness (QED) is 0.707. The van der Waals surface area contributed by atoms with Gasteiger partial charge in [-0.3, -0.25) is 14.4 Å². The number of ketones is 1. The van der Waals surface area contributed by atoms with Gasteiger partial charge in [0.15, 0.2) is 12.4 Å². The van der Waals surface area contributed by atoms with E-state index in [4.69, 9.17) is 4.74 Å². The molecular formula is C23H26N2O4. The first-order chi connectivity index (χ1) is 14.0. The van der Waals surface area contributed by atoms with Gasteiger partial charge in [0, 0.05) is 37.3 Å². The van der Waals surface area contributed by atoms with E-state index in [2.05, 4.69) is 6.92 Å². The predicted octanol–water partition coefficient (Wildman–Crippen LogP) is 2.82. The molecule has 1 aliphatic heterocycles. The second-order valence-electron chi connectivity index (χ2n) is 7.09. The summed E-state index contributed by atoms with van der Waals surface area (Å²) in [6.45, 7) is 5.52. The molecule has 0 bridgehead atoms. The Labute approximate surface area is 171 Å². The van der Waals surface area contributed by atoms with Gasteiger partial charge in [0.05, 0.1) is 0 Å². The number of aryl methyl sites for hydroxylation is 1. The van der Waals surface area contributed by atoms with Crippen molar-refractivity contribution in [1.82, 2.24) is 9.80 Å². The Morgan fingerprint density at radius 1 is 0.828 bits per heavy atom. The minimum atomic E-state index is -0.111. The number of hydrogen-bond donors (Lipinski definition) is 0. The molecule has 6 nitrogen and oxygen atoms in total. The second-order valence-corrected chi connectivity index (χ2v) is 7.09. The van der Waals surface area contributed by atoms with Gasteiger partial charge in [-0.25, -0.2) is 0 Å². The first-order valence-corrected chi connectivity index (χ1v) is 9.87. The highest BCUT2D eigenvalue weighted by Crippen LogP contribution is 2.14. The van der Waals surface area contributed by atoms with E-state index in [1.807, 2.05) is 24.3 Å². The lowest BCUT2D eigenvalue weighted by molar-refractivity contribution is -0.134. The van der Waals surface area contributed by atoms with Crippen molar-refractivity contribution in [3.05, 3.63) is 65.2 Å². The van der Waals surface area contributed by atoms with Crippen LogP contribution in [0.5, 0.6) is 5.75 Å². The smallest absolute Gasteiger partial charge is 0.260 e. The molecule has 1 saturated heterocycles. The van der Waals surface area contributed by atoms with Gasteiger partial charge in [0.2, 0.25) is 0 Å². The average molecular weight is 394 g/mol. The number of nitrogens with zero attached hydrogens (tertiary/aromatic N) is 2. The van der Waals surface area contributed by atoms with Gasteiger partial charge in [-0.2, -0.15) is 0 Å². The van der Waals surface area contributed by atoms with Crippen LogP contribution in [0, 0.1) is 0 Å². The molecule has 152 valence electrons. The molecule has 6 heteroatoms. The van der Waals surface area contributed by atoms with E-state index in [0.29, 0.717) is 43.1 Å². The molecule has 0 aliphatic carbocycles. The minimum absolute atomic E-state index is 0.00145. The molecule has 3 rings (SSSR count). The number of carbonyl (C=O) groups is 3. The van der Waals surface area contributed by atoms with E-state index in [0.717, 1.165) is 6.42 Å². The van der Waals surface area contributed by atoms with E-state index in [1.165, 1.54) is 12.5 Å². The molecule has 2 amide bonds. The fourth-order valence-electron chi connectivity index (χ4n) is 3.25. The number of carbonyl (C=O) groups excluding carboxylic acids is 3. The molecular weight excluding hydrogens is 368 g/mol. The van der Waals surface area contributed by atoms with Crippen molar-refractivity contribution in [3.8, 4) is 5.75 Å². The second kappa shape index (κ2) is 9.37. The molecule has 1 heterocycles. The van der Waals surface area contributed by atoms with Crippen LogP contribution < -0.4 is 4.74 Å². The summed E-state index contributed by atoms with van der Waals surface area (Å²) in [6.07, 6.45) is 0.943. The fraction of sp³-hybridized carbons (Fsp3) is 0.348. The van der Waals surface area contributed by atoms with Gasteiger partial charge in [-0.1, -0.05) is 19.1 Å². The summed E-state index contributed by atoms with van der Waals surface area (Å²) in [5.74, 6) is 0.427. The molecule has 0 saturated carbocycles. The maximum atomic E-state index is 12.6. The standard InChI is InChI=1S/C23H26N2O4/c1-3-18-4-6-20(7-5-18)23(28)25-14-12-24(13-15-25)22(27)16-29-21-10-8-19(9-11-21)17(2)26/h4-11H,3,12-16H2,1-2H3. The highest BCUT2D eigenvalue weighted by atomic mass is 16.5. The lowest BCUT2D eigenvalue weighted by Gasteiger charge is -2.34. The zero-order chi connectivity index (χ0) is 20.8. The Balaban J connectivity index is 1.47. The van der Waals surface area contributed by atoms with Gasteiger partial charge < -0.3 is 14.5 Å². The minimum Gasteiger partial charge on any atom is -0.484 e. The zero-order valence-electron chi connectivity index (χ0n) is 16.9. The number of ether oxygens (including phenoxy) is 1. The normalized spacial score (nSPS) is 13.9. The Morgan fingerprint density at radius 3 is 1.93 bits per heavy atom. The summed E-state index contributed by atoms with van der Waals surface area (Å²) in [4.78, 5) is 39.8. The third kappa shape index (κ3) is 5.22. The van der Waals surface area contributed by atoms with Crippen LogP contribution in [0.4, 0.5) is 0 Å². The summed E-state index contributed by atoms with van der Waals surface area (Å²) < 4.78 is 5.54. The van der Waals surface area contributed by atoms with Gasteiger partial charge in [-0.05, 0) is 55.3 Å². The van der Waals surface area contributed by atoms with Crippen LogP contribution in [0.1, 0.15) is 40.1 Å². The van der Waals surface area contributed by atoms with Crippen LogP contribution >= 0.6 is 0 Å². The highest BCUT2D eigenvalue weighted by molar-refractivity contribution is 5.94. The van der Waals surface area contributed by atoms with Gasteiger partial charge >= 0.3 is 0 Å². The maximum Gasteiger partial charge on any atom is 0.260 e. The summed E-state index contributed by atoms with van der Waals surface area (Å²) in [5, 5.41) is 0. The SMILES string of the molecule is CCc1ccc(C(=O)N2CCN(C(=O)COc3ccc(C(C)=O)cc3)CC2)cc1. The Bertz CT molecular complexity index is 867. The predicted molar refractivity (Wildman–Crippen MR) is 110 cm³/mol. The van der Waals surface area contributed by atoms with Gasteiger partial charge in [-0.15, -0.1) is 0 Å². The summed E-state index contributed by atoms with van der Waals surface area (Å²) in [6, 6.07) is 14.4. The van der Waals surface area contributed by atoms with Crippen LogP contribution in [0.15, 0.2) is 48.5 Å². The molecule has 29 heavy (non-hydrogen) atoms. The van der Waals surface area contributed by atoms with Crippen LogP contribution in [-0.2, 0) is 11.2 Å². The average Bonchev–Trinajstić information content (AvgIpc) is 2.77. The Kier molecular flexibility index (Phi) is 6.65. The fourth-order valence-corrected chi connectivity index (χ4v) is 3.25. The number of rotatable bonds is 6. The molecule has 0 aromatic heterocycles. The summed E-state index contributed by atoms with van der Waals surface area (Å²) >= 11 is 0. The molecule has 0 N–H and O–H groups in total. The molecule has 0 unspecified atom stereocenters. The van der Waals surface area contributed by atoms with Gasteiger partial charge in [0.25, 0.3) is 11.8 Å². The van der Waals surface area contributed by atoms with E-state index in [-0.39, 0.29) is 24.2 Å². The topological polar surface area (TPSA) is 66.9 Å². The number of amides is 2. The Morgan fingerprint density at radius 2 is 1.38 bits per heavy atom. The number of Topliss-reactive ketones (excluding diaryl/α,β-unsaturated/α-hetero) is 1. The largest absolute Gasteiger partial charge is 0.484 e. The van der Waals surface area contributed by atoms with Crippen LogP contribution in [0.2, 0.25) is 0 Å². The zero-order valence-corrected chi connectivity index (χ0v) is 16.9. The lowest BCUT2D eigenvalue weighted by atomic mass is 10.1. The number of piperazine rings is 1. The molecule has 2 aromatic carbocycles. The van der Waals surface area contributed by atoms with E-state index < -0.39 is 0 Å². The first kappa shape index (κ1) is 20.6. The molecule has 1 aliphatic rings. The van der Waals surface area contributed by atoms with Crippen LogP contribution in [0.25, 0.3) is 0 Å². The lowest BCUT2D eigenvalue weighted by Crippen LogP contribution is -2.51. The van der Waals surface area contributed by atoms with E-state index in [1.54, 1.807) is 34.1 Å². The molecule has 0 radical (unpaired) electrons. The van der Waals surface area contributed by atoms with Crippen molar-refractivity contribution in [2.24, 2.45) is 0 Å². The van der Waals surface area contributed by atoms with Crippen LogP contribution in [-0.4, -0.2) is 60.2 Å². The Hall–Kier alpha value is -3.15. The molecule has 0 spiro atoms. The summed E-state index contributed by atoms with van der Waals surface area (Å²) in [5.41, 5.74) is 2.49. The number of benzene rings is 2. The summed E-state index contributed by atoms with van der Waals surface area (Å²) in [7, 11) is 0. The van der Waals surface area contributed by atoms with Crippen molar-refractivity contribution < 1.29 is 19.1 Å². The third-order valence-corrected chi connectivity index (χ3v) is 5.15. The van der Waals surface area contributed by atoms with Crippen molar-refractivity contribution in [2.45, 2.75) is 20.3 Å². The molecule has 1 fully saturated rings. The monoisotopic (exact) mass is 394 g/mol. The molecule has 0 atom stereocenters. The van der Waals surface area contributed by atoms with Crippen molar-refractivity contribution >= 4 is 17.6 Å². The third-order valence-electron chi connectivity index (χ3n) is 5.15. The molecule has 2 aromatic rings. The van der Waals surface area contributed by atoms with Gasteiger partial charge in [0.1, 0.15) is 5.75 Å². The van der Waals surface area contributed by atoms with Crippen LogP contribution in [0.3, 0.4) is 0 Å². The first-order valence-electron chi connectivity index (χ1n) is 9.87. The maximum absolute atomic E-state index is 12.6. The highest BCUT2D eigenvalue weighted by Gasteiger charge is 2.25.